The molecule has 0 fully saturated rings. The van der Waals surface area contributed by atoms with E-state index in [9.17, 15) is 0 Å². The van der Waals surface area contributed by atoms with Crippen LogP contribution in [-0.2, 0) is 0 Å². The van der Waals surface area contributed by atoms with Gasteiger partial charge in [-0.2, -0.15) is 5.10 Å². The van der Waals surface area contributed by atoms with E-state index in [0.29, 0.717) is 20.7 Å². The molecular weight excluding hydrogens is 277 g/mol. The van der Waals surface area contributed by atoms with E-state index < -0.39 is 0 Å². The van der Waals surface area contributed by atoms with Crippen molar-refractivity contribution in [1.29, 1.82) is 0 Å². The van der Waals surface area contributed by atoms with Gasteiger partial charge in [0.25, 0.3) is 0 Å². The average Bonchev–Trinajstić information content (AvgIpc) is 2.64. The zero-order valence-corrected chi connectivity index (χ0v) is 11.3. The number of benzene rings is 1. The Morgan fingerprint density at radius 1 is 1.41 bits per heavy atom. The number of halogens is 2. The van der Waals surface area contributed by atoms with Gasteiger partial charge in [0.2, 0.25) is 0 Å². The summed E-state index contributed by atoms with van der Waals surface area (Å²) in [5.41, 5.74) is 7.87. The Balaban J connectivity index is 2.62. The van der Waals surface area contributed by atoms with Crippen molar-refractivity contribution >= 4 is 40.4 Å². The Morgan fingerprint density at radius 3 is 2.71 bits per heavy atom. The minimum absolute atomic E-state index is 0.312. The summed E-state index contributed by atoms with van der Waals surface area (Å²) in [6, 6.07) is 5.36. The molecule has 0 spiro atoms. The van der Waals surface area contributed by atoms with Crippen LogP contribution in [0.2, 0.25) is 10.0 Å². The highest BCUT2D eigenvalue weighted by molar-refractivity contribution is 7.80. The highest BCUT2D eigenvalue weighted by Crippen LogP contribution is 2.29. The van der Waals surface area contributed by atoms with Crippen molar-refractivity contribution in [3.05, 3.63) is 45.7 Å². The monoisotopic (exact) mass is 285 g/mol. The molecule has 1 aromatic carbocycles. The number of nitrogens with two attached hydrogens (primary N) is 1. The summed E-state index contributed by atoms with van der Waals surface area (Å²) in [4.78, 5) is 0.312. The van der Waals surface area contributed by atoms with Gasteiger partial charge in [0.05, 0.1) is 33.2 Å². The first-order valence-electron chi connectivity index (χ1n) is 4.81. The first-order valence-corrected chi connectivity index (χ1v) is 5.97. The molecule has 17 heavy (non-hydrogen) atoms. The largest absolute Gasteiger partial charge is 0.389 e. The van der Waals surface area contributed by atoms with Crippen molar-refractivity contribution in [3.8, 4) is 5.69 Å². The molecule has 0 unspecified atom stereocenters. The summed E-state index contributed by atoms with van der Waals surface area (Å²) in [6.07, 6.45) is 1.62. The molecule has 0 bridgehead atoms. The molecule has 88 valence electrons. The molecule has 0 saturated carbocycles. The van der Waals surface area contributed by atoms with Gasteiger partial charge in [-0.25, -0.2) is 4.68 Å². The Morgan fingerprint density at radius 2 is 2.12 bits per heavy atom. The molecule has 3 nitrogen and oxygen atoms in total. The number of rotatable bonds is 2. The summed E-state index contributed by atoms with van der Waals surface area (Å²) >= 11 is 17.0. The van der Waals surface area contributed by atoms with Crippen LogP contribution >= 0.6 is 35.4 Å². The lowest BCUT2D eigenvalue weighted by atomic mass is 10.2. The zero-order chi connectivity index (χ0) is 12.6. The van der Waals surface area contributed by atoms with Crippen molar-refractivity contribution in [2.24, 2.45) is 5.73 Å². The second-order valence-electron chi connectivity index (χ2n) is 3.49. The molecule has 1 heterocycles. The van der Waals surface area contributed by atoms with Crippen molar-refractivity contribution in [2.75, 3.05) is 0 Å². The van der Waals surface area contributed by atoms with E-state index in [-0.39, 0.29) is 0 Å². The van der Waals surface area contributed by atoms with Crippen molar-refractivity contribution < 1.29 is 0 Å². The second kappa shape index (κ2) is 4.64. The standard InChI is InChI=1S/C11H9Cl2N3S/c1-6-7(11(14)17)5-15-16(6)9-4-2-3-8(12)10(9)13/h2-5H,1H3,(H2,14,17). The van der Waals surface area contributed by atoms with E-state index in [1.165, 1.54) is 0 Å². The van der Waals surface area contributed by atoms with Crippen LogP contribution in [0, 0.1) is 6.92 Å². The molecule has 2 N–H and O–H groups in total. The maximum atomic E-state index is 6.13. The first-order chi connectivity index (χ1) is 8.02. The third kappa shape index (κ3) is 2.16. The number of nitrogens with zero attached hydrogens (tertiary/aromatic N) is 2. The molecule has 0 aliphatic heterocycles. The van der Waals surface area contributed by atoms with Gasteiger partial charge < -0.3 is 5.73 Å². The third-order valence-electron chi connectivity index (χ3n) is 2.43. The topological polar surface area (TPSA) is 43.8 Å². The Labute approximate surface area is 114 Å². The fourth-order valence-electron chi connectivity index (χ4n) is 1.55. The van der Waals surface area contributed by atoms with Gasteiger partial charge in [-0.05, 0) is 19.1 Å². The van der Waals surface area contributed by atoms with Gasteiger partial charge in [0, 0.05) is 0 Å². The Bertz CT molecular complexity index is 592. The van der Waals surface area contributed by atoms with E-state index in [0.717, 1.165) is 11.3 Å². The third-order valence-corrected chi connectivity index (χ3v) is 3.46. The van der Waals surface area contributed by atoms with Crippen LogP contribution in [0.25, 0.3) is 5.69 Å². The lowest BCUT2D eigenvalue weighted by Gasteiger charge is -2.08. The maximum Gasteiger partial charge on any atom is 0.107 e. The van der Waals surface area contributed by atoms with Gasteiger partial charge in [-0.15, -0.1) is 0 Å². The fourth-order valence-corrected chi connectivity index (χ4v) is 2.13. The van der Waals surface area contributed by atoms with E-state index in [1.54, 1.807) is 16.9 Å². The van der Waals surface area contributed by atoms with Crippen LogP contribution in [0.4, 0.5) is 0 Å². The Hall–Kier alpha value is -1.10. The van der Waals surface area contributed by atoms with Crippen LogP contribution in [0.5, 0.6) is 0 Å². The van der Waals surface area contributed by atoms with Crippen LogP contribution < -0.4 is 5.73 Å². The smallest absolute Gasteiger partial charge is 0.107 e. The molecule has 0 radical (unpaired) electrons. The summed E-state index contributed by atoms with van der Waals surface area (Å²) in [7, 11) is 0. The van der Waals surface area contributed by atoms with Gasteiger partial charge in [0.15, 0.2) is 0 Å². The number of thiocarbonyl (C=S) groups is 1. The lowest BCUT2D eigenvalue weighted by molar-refractivity contribution is 0.847. The van der Waals surface area contributed by atoms with Crippen LogP contribution in [-0.4, -0.2) is 14.8 Å². The minimum atomic E-state index is 0.312. The summed E-state index contributed by atoms with van der Waals surface area (Å²) < 4.78 is 1.67. The molecule has 1 aromatic heterocycles. The minimum Gasteiger partial charge on any atom is -0.389 e. The van der Waals surface area contributed by atoms with Crippen LogP contribution in [0.15, 0.2) is 24.4 Å². The molecule has 0 amide bonds. The van der Waals surface area contributed by atoms with Crippen molar-refractivity contribution in [1.82, 2.24) is 9.78 Å². The fraction of sp³-hybridized carbons (Fsp3) is 0.0909. The molecule has 0 aliphatic rings. The molecular formula is C11H9Cl2N3S. The highest BCUT2D eigenvalue weighted by Gasteiger charge is 2.13. The summed E-state index contributed by atoms with van der Waals surface area (Å²) in [5.74, 6) is 0. The molecule has 0 atom stereocenters. The quantitative estimate of drug-likeness (QED) is 0.863. The predicted molar refractivity (Wildman–Crippen MR) is 74.2 cm³/mol. The normalized spacial score (nSPS) is 10.5. The number of aromatic nitrogens is 2. The zero-order valence-electron chi connectivity index (χ0n) is 8.95. The van der Waals surface area contributed by atoms with Gasteiger partial charge >= 0.3 is 0 Å². The number of hydrogen-bond donors (Lipinski definition) is 1. The highest BCUT2D eigenvalue weighted by atomic mass is 35.5. The molecule has 0 aliphatic carbocycles. The van der Waals surface area contributed by atoms with Crippen LogP contribution in [0.3, 0.4) is 0 Å². The Kier molecular flexibility index (Phi) is 3.38. The van der Waals surface area contributed by atoms with E-state index >= 15 is 0 Å². The van der Waals surface area contributed by atoms with E-state index in [1.807, 2.05) is 19.1 Å². The van der Waals surface area contributed by atoms with Crippen molar-refractivity contribution in [3.63, 3.8) is 0 Å². The van der Waals surface area contributed by atoms with Gasteiger partial charge in [0.1, 0.15) is 4.99 Å². The predicted octanol–water partition coefficient (Wildman–Crippen LogP) is 3.12. The van der Waals surface area contributed by atoms with Crippen molar-refractivity contribution in [2.45, 2.75) is 6.92 Å². The van der Waals surface area contributed by atoms with Gasteiger partial charge in [-0.3, -0.25) is 0 Å². The summed E-state index contributed by atoms with van der Waals surface area (Å²) in [5, 5.41) is 5.15. The first kappa shape index (κ1) is 12.4. The molecule has 2 rings (SSSR count). The molecule has 0 saturated heterocycles. The maximum absolute atomic E-state index is 6.13. The average molecular weight is 286 g/mol. The second-order valence-corrected chi connectivity index (χ2v) is 4.72. The van der Waals surface area contributed by atoms with Gasteiger partial charge in [-0.1, -0.05) is 41.5 Å². The molecule has 2 aromatic rings. The van der Waals surface area contributed by atoms with E-state index in [2.05, 4.69) is 5.10 Å². The van der Waals surface area contributed by atoms with Crippen LogP contribution in [0.1, 0.15) is 11.3 Å². The molecule has 6 heteroatoms. The number of hydrogen-bond acceptors (Lipinski definition) is 2. The SMILES string of the molecule is Cc1c(C(N)=S)cnn1-c1cccc(Cl)c1Cl. The lowest BCUT2D eigenvalue weighted by Crippen LogP contribution is -2.10. The summed E-state index contributed by atoms with van der Waals surface area (Å²) in [6.45, 7) is 1.87. The van der Waals surface area contributed by atoms with E-state index in [4.69, 9.17) is 41.2 Å².